The number of carboxylic acids is 1. The summed E-state index contributed by atoms with van der Waals surface area (Å²) in [6, 6.07) is 7.38. The third kappa shape index (κ3) is 3.22. The maximum atomic E-state index is 12.3. The van der Waals surface area contributed by atoms with Crippen molar-refractivity contribution >= 4 is 18.0 Å². The highest BCUT2D eigenvalue weighted by molar-refractivity contribution is 5.95. The van der Waals surface area contributed by atoms with Gasteiger partial charge in [0, 0.05) is 24.7 Å². The Morgan fingerprint density at radius 1 is 1.37 bits per heavy atom. The number of carboxylic acid groups (broad SMARTS) is 1. The topological polar surface area (TPSA) is 57.6 Å². The molecular weight excluding hydrogens is 242 g/mol. The van der Waals surface area contributed by atoms with Crippen LogP contribution in [0.1, 0.15) is 35.2 Å². The van der Waals surface area contributed by atoms with Crippen molar-refractivity contribution in [1.82, 2.24) is 4.90 Å². The molecule has 0 aliphatic heterocycles. The summed E-state index contributed by atoms with van der Waals surface area (Å²) in [5.41, 5.74) is 1.32. The van der Waals surface area contributed by atoms with Crippen LogP contribution in [0, 0.1) is 0 Å². The number of hydrogen-bond acceptors (Lipinski definition) is 2. The zero-order valence-electron chi connectivity index (χ0n) is 10.9. The summed E-state index contributed by atoms with van der Waals surface area (Å²) in [6.07, 6.45) is 5.88. The number of aliphatic carboxylic acids is 1. The molecule has 0 atom stereocenters. The molecule has 1 amide bonds. The van der Waals surface area contributed by atoms with Crippen LogP contribution in [0.25, 0.3) is 6.08 Å². The Labute approximate surface area is 112 Å². The van der Waals surface area contributed by atoms with Crippen LogP contribution in [0.3, 0.4) is 0 Å². The summed E-state index contributed by atoms with van der Waals surface area (Å²) in [4.78, 5) is 24.5. The third-order valence-corrected chi connectivity index (χ3v) is 3.49. The largest absolute Gasteiger partial charge is 0.478 e. The second-order valence-corrected chi connectivity index (χ2v) is 4.80. The van der Waals surface area contributed by atoms with Crippen molar-refractivity contribution in [2.24, 2.45) is 0 Å². The molecule has 0 spiro atoms. The molecule has 1 aromatic carbocycles. The van der Waals surface area contributed by atoms with Gasteiger partial charge in [-0.05, 0) is 43.0 Å². The normalized spacial score (nSPS) is 15.2. The summed E-state index contributed by atoms with van der Waals surface area (Å²) < 4.78 is 0. The van der Waals surface area contributed by atoms with Crippen LogP contribution in [0.15, 0.2) is 30.3 Å². The summed E-state index contributed by atoms with van der Waals surface area (Å²) in [5.74, 6) is -1.00. The van der Waals surface area contributed by atoms with Crippen LogP contribution in [0.4, 0.5) is 0 Å². The Hall–Kier alpha value is -2.10. The van der Waals surface area contributed by atoms with Crippen LogP contribution in [0.2, 0.25) is 0 Å². The van der Waals surface area contributed by atoms with E-state index < -0.39 is 5.97 Å². The van der Waals surface area contributed by atoms with Crippen LogP contribution in [-0.4, -0.2) is 35.0 Å². The molecule has 1 N–H and O–H groups in total. The number of amides is 1. The number of carbonyl (C=O) groups is 2. The van der Waals surface area contributed by atoms with E-state index in [0.29, 0.717) is 11.6 Å². The van der Waals surface area contributed by atoms with Gasteiger partial charge in [-0.25, -0.2) is 4.79 Å². The van der Waals surface area contributed by atoms with Crippen molar-refractivity contribution in [2.75, 3.05) is 7.05 Å². The zero-order chi connectivity index (χ0) is 13.8. The van der Waals surface area contributed by atoms with Crippen LogP contribution in [-0.2, 0) is 4.79 Å². The first kappa shape index (κ1) is 13.3. The second kappa shape index (κ2) is 5.69. The monoisotopic (exact) mass is 259 g/mol. The second-order valence-electron chi connectivity index (χ2n) is 4.80. The van der Waals surface area contributed by atoms with Crippen molar-refractivity contribution in [2.45, 2.75) is 25.3 Å². The zero-order valence-corrected chi connectivity index (χ0v) is 10.9. The van der Waals surface area contributed by atoms with Crippen molar-refractivity contribution in [3.8, 4) is 0 Å². The van der Waals surface area contributed by atoms with E-state index in [4.69, 9.17) is 5.11 Å². The maximum absolute atomic E-state index is 12.3. The molecule has 2 rings (SSSR count). The predicted octanol–water partition coefficient (Wildman–Crippen LogP) is 2.41. The summed E-state index contributed by atoms with van der Waals surface area (Å²) in [5, 5.41) is 8.59. The SMILES string of the molecule is CN(C(=O)c1cccc(/C=C/C(=O)O)c1)C1CCC1. The third-order valence-electron chi connectivity index (χ3n) is 3.49. The minimum atomic E-state index is -0.997. The van der Waals surface area contributed by atoms with Gasteiger partial charge in [0.25, 0.3) is 5.91 Å². The lowest BCUT2D eigenvalue weighted by Crippen LogP contribution is -2.41. The first-order valence-corrected chi connectivity index (χ1v) is 6.36. The Morgan fingerprint density at radius 3 is 2.68 bits per heavy atom. The van der Waals surface area contributed by atoms with E-state index in [1.807, 2.05) is 7.05 Å². The Balaban J connectivity index is 2.13. The highest BCUT2D eigenvalue weighted by Crippen LogP contribution is 2.25. The molecule has 1 fully saturated rings. The van der Waals surface area contributed by atoms with Crippen LogP contribution in [0.5, 0.6) is 0 Å². The Bertz CT molecular complexity index is 518. The summed E-state index contributed by atoms with van der Waals surface area (Å²) in [6.45, 7) is 0. The first-order valence-electron chi connectivity index (χ1n) is 6.36. The highest BCUT2D eigenvalue weighted by atomic mass is 16.4. The molecule has 0 heterocycles. The van der Waals surface area contributed by atoms with Crippen molar-refractivity contribution < 1.29 is 14.7 Å². The van der Waals surface area contributed by atoms with Gasteiger partial charge in [0.2, 0.25) is 0 Å². The van der Waals surface area contributed by atoms with E-state index in [1.54, 1.807) is 29.2 Å². The molecule has 0 bridgehead atoms. The standard InChI is InChI=1S/C15H17NO3/c1-16(13-6-3-7-13)15(19)12-5-2-4-11(10-12)8-9-14(17)18/h2,4-5,8-10,13H,3,6-7H2,1H3,(H,17,18)/b9-8+. The molecule has 0 unspecified atom stereocenters. The quantitative estimate of drug-likeness (QED) is 0.845. The first-order chi connectivity index (χ1) is 9.08. The van der Waals surface area contributed by atoms with E-state index in [2.05, 4.69) is 0 Å². The van der Waals surface area contributed by atoms with Gasteiger partial charge in [-0.3, -0.25) is 4.79 Å². The number of hydrogen-bond donors (Lipinski definition) is 1. The summed E-state index contributed by atoms with van der Waals surface area (Å²) >= 11 is 0. The van der Waals surface area contributed by atoms with E-state index in [1.165, 1.54) is 12.5 Å². The van der Waals surface area contributed by atoms with Gasteiger partial charge < -0.3 is 10.0 Å². The summed E-state index contributed by atoms with van der Waals surface area (Å²) in [7, 11) is 1.83. The van der Waals surface area contributed by atoms with Crippen molar-refractivity contribution in [3.63, 3.8) is 0 Å². The molecule has 100 valence electrons. The molecule has 0 radical (unpaired) electrons. The number of carbonyl (C=O) groups excluding carboxylic acids is 1. The number of benzene rings is 1. The van der Waals surface area contributed by atoms with Gasteiger partial charge in [-0.15, -0.1) is 0 Å². The average molecular weight is 259 g/mol. The van der Waals surface area contributed by atoms with Gasteiger partial charge in [0.05, 0.1) is 0 Å². The molecule has 4 nitrogen and oxygen atoms in total. The molecule has 1 aromatic rings. The number of rotatable bonds is 4. The van der Waals surface area contributed by atoms with Gasteiger partial charge in [0.15, 0.2) is 0 Å². The fourth-order valence-corrected chi connectivity index (χ4v) is 2.09. The van der Waals surface area contributed by atoms with Crippen LogP contribution < -0.4 is 0 Å². The van der Waals surface area contributed by atoms with Crippen molar-refractivity contribution in [3.05, 3.63) is 41.5 Å². The molecular formula is C15H17NO3. The fourth-order valence-electron chi connectivity index (χ4n) is 2.09. The molecule has 1 aliphatic rings. The van der Waals surface area contributed by atoms with Gasteiger partial charge in [0.1, 0.15) is 0 Å². The predicted molar refractivity (Wildman–Crippen MR) is 72.8 cm³/mol. The minimum absolute atomic E-state index is 0.00437. The molecule has 1 aliphatic carbocycles. The highest BCUT2D eigenvalue weighted by Gasteiger charge is 2.26. The van der Waals surface area contributed by atoms with Gasteiger partial charge in [-0.2, -0.15) is 0 Å². The Kier molecular flexibility index (Phi) is 4.00. The lowest BCUT2D eigenvalue weighted by molar-refractivity contribution is -0.131. The van der Waals surface area contributed by atoms with Gasteiger partial charge >= 0.3 is 5.97 Å². The molecule has 0 aromatic heterocycles. The molecule has 19 heavy (non-hydrogen) atoms. The fraction of sp³-hybridized carbons (Fsp3) is 0.333. The lowest BCUT2D eigenvalue weighted by Gasteiger charge is -2.34. The smallest absolute Gasteiger partial charge is 0.328 e. The maximum Gasteiger partial charge on any atom is 0.328 e. The van der Waals surface area contributed by atoms with Gasteiger partial charge in [-0.1, -0.05) is 12.1 Å². The number of nitrogens with zero attached hydrogens (tertiary/aromatic N) is 1. The lowest BCUT2D eigenvalue weighted by atomic mass is 9.91. The molecule has 0 saturated heterocycles. The van der Waals surface area contributed by atoms with E-state index >= 15 is 0 Å². The van der Waals surface area contributed by atoms with Crippen molar-refractivity contribution in [1.29, 1.82) is 0 Å². The molecule has 1 saturated carbocycles. The minimum Gasteiger partial charge on any atom is -0.478 e. The molecule has 4 heteroatoms. The van der Waals surface area contributed by atoms with E-state index in [0.717, 1.165) is 24.5 Å². The average Bonchev–Trinajstić information content (AvgIpc) is 2.33. The van der Waals surface area contributed by atoms with E-state index in [9.17, 15) is 9.59 Å². The van der Waals surface area contributed by atoms with E-state index in [-0.39, 0.29) is 5.91 Å². The Morgan fingerprint density at radius 2 is 2.11 bits per heavy atom. The van der Waals surface area contributed by atoms with Crippen LogP contribution >= 0.6 is 0 Å².